The first-order valence-corrected chi connectivity index (χ1v) is 8.38. The molecule has 0 atom stereocenters. The van der Waals surface area contributed by atoms with E-state index < -0.39 is 0 Å². The Labute approximate surface area is 171 Å². The number of benzene rings is 1. The summed E-state index contributed by atoms with van der Waals surface area (Å²) >= 11 is 0. The number of nitrogens with two attached hydrogens (primary N) is 1. The molecule has 1 aliphatic rings. The lowest BCUT2D eigenvalue weighted by atomic mass is 10.1. The van der Waals surface area contributed by atoms with Crippen LogP contribution in [0.25, 0.3) is 0 Å². The molecule has 3 rings (SSSR count). The number of halogens is 2. The lowest BCUT2D eigenvalue weighted by Crippen LogP contribution is -2.45. The summed E-state index contributed by atoms with van der Waals surface area (Å²) in [4.78, 5) is 9.01. The topological polar surface area (TPSA) is 89.9 Å². The van der Waals surface area contributed by atoms with Crippen LogP contribution in [0.2, 0.25) is 0 Å². The van der Waals surface area contributed by atoms with Gasteiger partial charge in [-0.15, -0.1) is 24.8 Å². The zero-order chi connectivity index (χ0) is 17.6. The zero-order valence-electron chi connectivity index (χ0n) is 15.6. The Morgan fingerprint density at radius 3 is 2.00 bits per heavy atom. The Kier molecular flexibility index (Phi) is 9.82. The van der Waals surface area contributed by atoms with Gasteiger partial charge < -0.3 is 19.7 Å². The summed E-state index contributed by atoms with van der Waals surface area (Å²) in [5, 5.41) is 3.96. The third-order valence-electron chi connectivity index (χ3n) is 4.33. The molecule has 0 spiro atoms. The monoisotopic (exact) mass is 419 g/mol. The van der Waals surface area contributed by atoms with E-state index in [1.54, 1.807) is 14.2 Å². The number of rotatable bonds is 7. The number of methoxy groups -OCH3 is 2. The van der Waals surface area contributed by atoms with Gasteiger partial charge in [0.1, 0.15) is 11.5 Å². The Morgan fingerprint density at radius 1 is 0.963 bits per heavy atom. The largest absolute Gasteiger partial charge is 0.497 e. The maximum absolute atomic E-state index is 5.49. The summed E-state index contributed by atoms with van der Waals surface area (Å²) in [5.74, 6) is 2.83. The van der Waals surface area contributed by atoms with Gasteiger partial charge in [0, 0.05) is 38.8 Å². The molecule has 0 unspecified atom stereocenters. The standard InChI is InChI=1S/C17H25N5O3.2ClH/c1-23-14-7-13(8-15(9-14)24-2)11-21-3-5-22(6-4-21)12-16-19-17(10-18)25-20-16;;/h7-9H,3-6,10-12,18H2,1-2H3;2*1H. The molecular formula is C17H27Cl2N5O3. The number of piperazine rings is 1. The van der Waals surface area contributed by atoms with E-state index in [4.69, 9.17) is 19.7 Å². The second-order valence-corrected chi connectivity index (χ2v) is 6.08. The van der Waals surface area contributed by atoms with E-state index >= 15 is 0 Å². The number of ether oxygens (including phenoxy) is 2. The number of hydrogen-bond acceptors (Lipinski definition) is 8. The van der Waals surface area contributed by atoms with Crippen LogP contribution in [0.15, 0.2) is 22.7 Å². The van der Waals surface area contributed by atoms with Gasteiger partial charge in [0.05, 0.1) is 27.3 Å². The van der Waals surface area contributed by atoms with Crippen LogP contribution in [-0.4, -0.2) is 60.3 Å². The third-order valence-corrected chi connectivity index (χ3v) is 4.33. The summed E-state index contributed by atoms with van der Waals surface area (Å²) in [6, 6.07) is 6.01. The highest BCUT2D eigenvalue weighted by atomic mass is 35.5. The molecule has 2 N–H and O–H groups in total. The van der Waals surface area contributed by atoms with Crippen molar-refractivity contribution >= 4 is 24.8 Å². The Hall–Kier alpha value is -1.58. The van der Waals surface area contributed by atoms with Crippen LogP contribution in [0.1, 0.15) is 17.3 Å². The summed E-state index contributed by atoms with van der Waals surface area (Å²) in [7, 11) is 3.34. The van der Waals surface area contributed by atoms with Crippen molar-refractivity contribution in [3.8, 4) is 11.5 Å². The van der Waals surface area contributed by atoms with E-state index in [0.717, 1.165) is 44.2 Å². The van der Waals surface area contributed by atoms with Crippen LogP contribution < -0.4 is 15.2 Å². The second-order valence-electron chi connectivity index (χ2n) is 6.08. The van der Waals surface area contributed by atoms with E-state index in [-0.39, 0.29) is 31.4 Å². The molecule has 1 aromatic carbocycles. The van der Waals surface area contributed by atoms with Crippen LogP contribution in [-0.2, 0) is 19.6 Å². The minimum Gasteiger partial charge on any atom is -0.497 e. The van der Waals surface area contributed by atoms with Gasteiger partial charge in [0.15, 0.2) is 5.82 Å². The molecule has 1 aromatic heterocycles. The van der Waals surface area contributed by atoms with E-state index in [1.165, 1.54) is 5.56 Å². The molecule has 2 heterocycles. The highest BCUT2D eigenvalue weighted by Gasteiger charge is 2.19. The van der Waals surface area contributed by atoms with Gasteiger partial charge in [-0.1, -0.05) is 5.16 Å². The Balaban J connectivity index is 0.00000182. The maximum atomic E-state index is 5.49. The predicted molar refractivity (Wildman–Crippen MR) is 107 cm³/mol. The van der Waals surface area contributed by atoms with Crippen molar-refractivity contribution < 1.29 is 14.0 Å². The molecule has 1 aliphatic heterocycles. The third kappa shape index (κ3) is 6.51. The van der Waals surface area contributed by atoms with Gasteiger partial charge in [-0.05, 0) is 17.7 Å². The van der Waals surface area contributed by atoms with Crippen molar-refractivity contribution in [1.29, 1.82) is 0 Å². The first kappa shape index (κ1) is 23.5. The van der Waals surface area contributed by atoms with Crippen molar-refractivity contribution in [2.75, 3.05) is 40.4 Å². The van der Waals surface area contributed by atoms with Crippen molar-refractivity contribution in [1.82, 2.24) is 19.9 Å². The molecule has 0 bridgehead atoms. The van der Waals surface area contributed by atoms with Gasteiger partial charge in [0.25, 0.3) is 0 Å². The molecule has 1 fully saturated rings. The molecule has 1 saturated heterocycles. The fourth-order valence-electron chi connectivity index (χ4n) is 2.96. The summed E-state index contributed by atoms with van der Waals surface area (Å²) in [6.45, 7) is 5.76. The highest BCUT2D eigenvalue weighted by Crippen LogP contribution is 2.23. The van der Waals surface area contributed by atoms with Gasteiger partial charge in [0.2, 0.25) is 5.89 Å². The lowest BCUT2D eigenvalue weighted by molar-refractivity contribution is 0.119. The van der Waals surface area contributed by atoms with Crippen LogP contribution in [0, 0.1) is 0 Å². The number of hydrogen-bond donors (Lipinski definition) is 1. The molecule has 10 heteroatoms. The lowest BCUT2D eigenvalue weighted by Gasteiger charge is -2.34. The van der Waals surface area contributed by atoms with Gasteiger partial charge in [-0.25, -0.2) is 0 Å². The molecule has 152 valence electrons. The van der Waals surface area contributed by atoms with Gasteiger partial charge in [-0.2, -0.15) is 4.98 Å². The van der Waals surface area contributed by atoms with Crippen LogP contribution in [0.4, 0.5) is 0 Å². The smallest absolute Gasteiger partial charge is 0.240 e. The predicted octanol–water partition coefficient (Wildman–Crippen LogP) is 1.71. The normalized spacial score (nSPS) is 14.9. The van der Waals surface area contributed by atoms with E-state index in [1.807, 2.05) is 6.07 Å². The van der Waals surface area contributed by atoms with Crippen LogP contribution in [0.3, 0.4) is 0 Å². The summed E-state index contributed by atoms with van der Waals surface area (Å²) in [5.41, 5.74) is 6.68. The highest BCUT2D eigenvalue weighted by molar-refractivity contribution is 5.85. The van der Waals surface area contributed by atoms with E-state index in [2.05, 4.69) is 32.1 Å². The molecule has 8 nitrogen and oxygen atoms in total. The average molecular weight is 420 g/mol. The number of nitrogens with zero attached hydrogens (tertiary/aromatic N) is 4. The molecule has 0 aliphatic carbocycles. The Bertz CT molecular complexity index is 671. The molecule has 2 aromatic rings. The van der Waals surface area contributed by atoms with Gasteiger partial charge in [-0.3, -0.25) is 9.80 Å². The fraction of sp³-hybridized carbons (Fsp3) is 0.529. The van der Waals surface area contributed by atoms with Crippen molar-refractivity contribution in [2.45, 2.75) is 19.6 Å². The van der Waals surface area contributed by atoms with Gasteiger partial charge >= 0.3 is 0 Å². The summed E-state index contributed by atoms with van der Waals surface area (Å²) in [6.07, 6.45) is 0. The first-order chi connectivity index (χ1) is 12.2. The van der Waals surface area contributed by atoms with Crippen molar-refractivity contribution in [3.63, 3.8) is 0 Å². The molecule has 0 saturated carbocycles. The van der Waals surface area contributed by atoms with E-state index in [9.17, 15) is 0 Å². The zero-order valence-corrected chi connectivity index (χ0v) is 17.2. The fourth-order valence-corrected chi connectivity index (χ4v) is 2.96. The maximum Gasteiger partial charge on any atom is 0.240 e. The average Bonchev–Trinajstić information content (AvgIpc) is 3.10. The van der Waals surface area contributed by atoms with Crippen molar-refractivity contribution in [3.05, 3.63) is 35.5 Å². The van der Waals surface area contributed by atoms with Crippen molar-refractivity contribution in [2.24, 2.45) is 5.73 Å². The van der Waals surface area contributed by atoms with Crippen LogP contribution >= 0.6 is 24.8 Å². The van der Waals surface area contributed by atoms with Crippen LogP contribution in [0.5, 0.6) is 11.5 Å². The number of aromatic nitrogens is 2. The van der Waals surface area contributed by atoms with E-state index in [0.29, 0.717) is 18.3 Å². The molecular weight excluding hydrogens is 393 g/mol. The molecule has 0 amide bonds. The SMILES string of the molecule is COc1cc(CN2CCN(Cc3noc(CN)n3)CC2)cc(OC)c1.Cl.Cl. The minimum absolute atomic E-state index is 0. The quantitative estimate of drug-likeness (QED) is 0.724. The Morgan fingerprint density at radius 2 is 1.52 bits per heavy atom. The molecule has 0 radical (unpaired) electrons. The first-order valence-electron chi connectivity index (χ1n) is 8.38. The molecule has 27 heavy (non-hydrogen) atoms. The summed E-state index contributed by atoms with van der Waals surface area (Å²) < 4.78 is 15.7. The second kappa shape index (κ2) is 11.3. The minimum atomic E-state index is 0.